The van der Waals surface area contributed by atoms with Crippen LogP contribution in [0.25, 0.3) is 0 Å². The van der Waals surface area contributed by atoms with E-state index in [1.807, 2.05) is 0 Å². The van der Waals surface area contributed by atoms with E-state index in [1.165, 1.54) is 0 Å². The lowest BCUT2D eigenvalue weighted by Gasteiger charge is -2.08. The van der Waals surface area contributed by atoms with Gasteiger partial charge in [-0.3, -0.25) is 0 Å². The van der Waals surface area contributed by atoms with Crippen molar-refractivity contribution in [2.24, 2.45) is 0 Å². The Morgan fingerprint density at radius 1 is 1.14 bits per heavy atom. The molecule has 1 aromatic carbocycles. The van der Waals surface area contributed by atoms with Gasteiger partial charge in [-0.1, -0.05) is 0 Å². The molecule has 0 bridgehead atoms. The molecular formula is C12H7F4N3O2. The Labute approximate surface area is 115 Å². The number of aromatic nitrogens is 2. The summed E-state index contributed by atoms with van der Waals surface area (Å²) in [5.74, 6) is -2.28. The molecule has 0 aliphatic carbocycles. The number of halogens is 4. The van der Waals surface area contributed by atoms with Crippen LogP contribution in [-0.2, 0) is 6.18 Å². The highest BCUT2D eigenvalue weighted by Gasteiger charge is 2.32. The molecule has 0 saturated heterocycles. The van der Waals surface area contributed by atoms with E-state index in [-0.39, 0.29) is 17.1 Å². The molecule has 5 nitrogen and oxygen atoms in total. The standard InChI is InChI=1S/C12H7F4N3O2/c13-7-5-6(11(20)21)1-2-8(7)17-10-4-3-9(18-19-10)12(14,15)16/h1-5H,(H,17,19)(H,20,21). The molecule has 0 unspecified atom stereocenters. The summed E-state index contributed by atoms with van der Waals surface area (Å²) in [6.07, 6.45) is -4.61. The summed E-state index contributed by atoms with van der Waals surface area (Å²) in [5, 5.41) is 17.3. The van der Waals surface area contributed by atoms with E-state index in [2.05, 4.69) is 15.5 Å². The van der Waals surface area contributed by atoms with Gasteiger partial charge >= 0.3 is 12.1 Å². The Morgan fingerprint density at radius 3 is 2.33 bits per heavy atom. The van der Waals surface area contributed by atoms with E-state index in [9.17, 15) is 22.4 Å². The van der Waals surface area contributed by atoms with E-state index >= 15 is 0 Å². The zero-order valence-electron chi connectivity index (χ0n) is 10.1. The van der Waals surface area contributed by atoms with Gasteiger partial charge in [0.2, 0.25) is 0 Å². The van der Waals surface area contributed by atoms with Crippen molar-refractivity contribution in [1.82, 2.24) is 10.2 Å². The molecule has 0 radical (unpaired) electrons. The minimum absolute atomic E-state index is 0.107. The van der Waals surface area contributed by atoms with Crippen molar-refractivity contribution in [2.45, 2.75) is 6.18 Å². The van der Waals surface area contributed by atoms with Crippen molar-refractivity contribution in [3.05, 3.63) is 47.4 Å². The molecule has 0 amide bonds. The summed E-state index contributed by atoms with van der Waals surface area (Å²) < 4.78 is 50.5. The molecular weight excluding hydrogens is 294 g/mol. The summed E-state index contributed by atoms with van der Waals surface area (Å²) in [4.78, 5) is 10.6. The lowest BCUT2D eigenvalue weighted by Crippen LogP contribution is -2.09. The van der Waals surface area contributed by atoms with Crippen molar-refractivity contribution in [1.29, 1.82) is 0 Å². The van der Waals surface area contributed by atoms with Gasteiger partial charge in [-0.25, -0.2) is 9.18 Å². The summed E-state index contributed by atoms with van der Waals surface area (Å²) in [6, 6.07) is 4.74. The van der Waals surface area contributed by atoms with Gasteiger partial charge in [0.15, 0.2) is 11.5 Å². The highest BCUT2D eigenvalue weighted by molar-refractivity contribution is 5.88. The average Bonchev–Trinajstić information content (AvgIpc) is 2.40. The number of rotatable bonds is 3. The molecule has 0 aliphatic heterocycles. The Bertz CT molecular complexity index is 671. The van der Waals surface area contributed by atoms with E-state index in [1.54, 1.807) is 0 Å². The first-order valence-corrected chi connectivity index (χ1v) is 5.48. The molecule has 0 spiro atoms. The molecule has 0 saturated carbocycles. The van der Waals surface area contributed by atoms with Crippen LogP contribution in [0.3, 0.4) is 0 Å². The van der Waals surface area contributed by atoms with Gasteiger partial charge in [0.1, 0.15) is 5.82 Å². The summed E-state index contributed by atoms with van der Waals surface area (Å²) in [7, 11) is 0. The molecule has 0 atom stereocenters. The van der Waals surface area contributed by atoms with Gasteiger partial charge < -0.3 is 10.4 Å². The second-order valence-electron chi connectivity index (χ2n) is 3.93. The Kier molecular flexibility index (Phi) is 3.74. The molecule has 2 rings (SSSR count). The SMILES string of the molecule is O=C(O)c1ccc(Nc2ccc(C(F)(F)F)nn2)c(F)c1. The maximum Gasteiger partial charge on any atom is 0.435 e. The monoisotopic (exact) mass is 301 g/mol. The number of carbonyl (C=O) groups is 1. The van der Waals surface area contributed by atoms with Crippen LogP contribution < -0.4 is 5.32 Å². The van der Waals surface area contributed by atoms with Crippen molar-refractivity contribution in [3.8, 4) is 0 Å². The zero-order valence-corrected chi connectivity index (χ0v) is 10.1. The summed E-state index contributed by atoms with van der Waals surface area (Å²) >= 11 is 0. The van der Waals surface area contributed by atoms with Crippen molar-refractivity contribution < 1.29 is 27.5 Å². The van der Waals surface area contributed by atoms with E-state index in [0.717, 1.165) is 24.3 Å². The maximum atomic E-state index is 13.6. The molecule has 1 aromatic heterocycles. The van der Waals surface area contributed by atoms with E-state index in [4.69, 9.17) is 5.11 Å². The number of nitrogens with one attached hydrogen (secondary N) is 1. The smallest absolute Gasteiger partial charge is 0.435 e. The first kappa shape index (κ1) is 14.7. The molecule has 9 heteroatoms. The van der Waals surface area contributed by atoms with Crippen molar-refractivity contribution >= 4 is 17.5 Å². The predicted molar refractivity (Wildman–Crippen MR) is 63.7 cm³/mol. The lowest BCUT2D eigenvalue weighted by molar-refractivity contribution is -0.141. The van der Waals surface area contributed by atoms with Gasteiger partial charge in [-0.15, -0.1) is 10.2 Å². The number of carboxylic acid groups (broad SMARTS) is 1. The third-order valence-corrected chi connectivity index (χ3v) is 2.43. The highest BCUT2D eigenvalue weighted by Crippen LogP contribution is 2.27. The summed E-state index contributed by atoms with van der Waals surface area (Å²) in [5.41, 5.74) is -1.56. The number of hydrogen-bond acceptors (Lipinski definition) is 4. The quantitative estimate of drug-likeness (QED) is 0.852. The fraction of sp³-hybridized carbons (Fsp3) is 0.0833. The first-order valence-electron chi connectivity index (χ1n) is 5.48. The number of aromatic carboxylic acids is 1. The molecule has 21 heavy (non-hydrogen) atoms. The fourth-order valence-electron chi connectivity index (χ4n) is 1.44. The molecule has 2 N–H and O–H groups in total. The topological polar surface area (TPSA) is 75.1 Å². The largest absolute Gasteiger partial charge is 0.478 e. The van der Waals surface area contributed by atoms with Crippen molar-refractivity contribution in [3.63, 3.8) is 0 Å². The second kappa shape index (κ2) is 5.35. The van der Waals surface area contributed by atoms with Gasteiger partial charge in [0, 0.05) is 0 Å². The average molecular weight is 301 g/mol. The van der Waals surface area contributed by atoms with Gasteiger partial charge in [-0.05, 0) is 30.3 Å². The van der Waals surface area contributed by atoms with Crippen LogP contribution in [0, 0.1) is 5.82 Å². The zero-order chi connectivity index (χ0) is 15.6. The maximum absolute atomic E-state index is 13.6. The van der Waals surface area contributed by atoms with Crippen molar-refractivity contribution in [2.75, 3.05) is 5.32 Å². The predicted octanol–water partition coefficient (Wildman–Crippen LogP) is 3.08. The number of hydrogen-bond donors (Lipinski definition) is 2. The van der Waals surface area contributed by atoms with Crippen LogP contribution in [0.15, 0.2) is 30.3 Å². The van der Waals surface area contributed by atoms with Gasteiger partial charge in [0.05, 0.1) is 11.3 Å². The number of nitrogens with zero attached hydrogens (tertiary/aromatic N) is 2. The Balaban J connectivity index is 2.20. The third-order valence-electron chi connectivity index (χ3n) is 2.43. The van der Waals surface area contributed by atoms with E-state index in [0.29, 0.717) is 6.07 Å². The number of benzene rings is 1. The van der Waals surface area contributed by atoms with Crippen LogP contribution in [0.5, 0.6) is 0 Å². The molecule has 2 aromatic rings. The van der Waals surface area contributed by atoms with Crippen LogP contribution in [0.1, 0.15) is 16.1 Å². The van der Waals surface area contributed by atoms with Crippen LogP contribution in [0.2, 0.25) is 0 Å². The Morgan fingerprint density at radius 2 is 1.86 bits per heavy atom. The van der Waals surface area contributed by atoms with Crippen LogP contribution >= 0.6 is 0 Å². The Hall–Kier alpha value is -2.71. The van der Waals surface area contributed by atoms with Crippen LogP contribution in [0.4, 0.5) is 29.1 Å². The number of alkyl halides is 3. The summed E-state index contributed by atoms with van der Waals surface area (Å²) in [6.45, 7) is 0. The highest BCUT2D eigenvalue weighted by atomic mass is 19.4. The first-order chi connectivity index (χ1) is 9.77. The van der Waals surface area contributed by atoms with Gasteiger partial charge in [-0.2, -0.15) is 13.2 Å². The molecule has 110 valence electrons. The minimum Gasteiger partial charge on any atom is -0.478 e. The van der Waals surface area contributed by atoms with E-state index < -0.39 is 23.7 Å². The van der Waals surface area contributed by atoms with Gasteiger partial charge in [0.25, 0.3) is 0 Å². The molecule has 1 heterocycles. The fourth-order valence-corrected chi connectivity index (χ4v) is 1.44. The number of anilines is 2. The van der Waals surface area contributed by atoms with Crippen LogP contribution in [-0.4, -0.2) is 21.3 Å². The molecule has 0 fully saturated rings. The number of carboxylic acids is 1. The molecule has 0 aliphatic rings. The lowest BCUT2D eigenvalue weighted by atomic mass is 10.2. The third kappa shape index (κ3) is 3.44. The minimum atomic E-state index is -4.61. The second-order valence-corrected chi connectivity index (χ2v) is 3.93. The normalized spacial score (nSPS) is 11.2.